The van der Waals surface area contributed by atoms with Gasteiger partial charge in [-0.1, -0.05) is 158 Å². The second-order valence-electron chi connectivity index (χ2n) is 13.6. The number of rotatable bonds is 3. The van der Waals surface area contributed by atoms with Gasteiger partial charge < -0.3 is 4.42 Å². The Morgan fingerprint density at radius 2 is 0.920 bits per heavy atom. The molecule has 1 aliphatic rings. The monoisotopic (exact) mass is 634 g/mol. The van der Waals surface area contributed by atoms with Gasteiger partial charge >= 0.3 is 0 Å². The molecule has 0 saturated carbocycles. The summed E-state index contributed by atoms with van der Waals surface area (Å²) in [5.74, 6) is 0. The minimum Gasteiger partial charge on any atom is -0.456 e. The smallest absolute Gasteiger partial charge is 0.136 e. The lowest BCUT2D eigenvalue weighted by Crippen LogP contribution is -1.92. The fourth-order valence-corrected chi connectivity index (χ4v) is 8.71. The third-order valence-corrected chi connectivity index (χ3v) is 10.9. The molecule has 0 fully saturated rings. The first kappa shape index (κ1) is 27.5. The van der Waals surface area contributed by atoms with Crippen molar-refractivity contribution in [2.24, 2.45) is 0 Å². The normalized spacial score (nSPS) is 12.3. The Morgan fingerprint density at radius 1 is 0.340 bits per heavy atom. The summed E-state index contributed by atoms with van der Waals surface area (Å²) in [5.41, 5.74) is 14.9. The average molecular weight is 635 g/mol. The predicted molar refractivity (Wildman–Crippen MR) is 211 cm³/mol. The molecule has 0 saturated heterocycles. The first-order chi connectivity index (χ1) is 24.8. The molecule has 0 radical (unpaired) electrons. The summed E-state index contributed by atoms with van der Waals surface area (Å²) in [4.78, 5) is 0. The summed E-state index contributed by atoms with van der Waals surface area (Å²) >= 11 is 0. The molecule has 9 aromatic carbocycles. The van der Waals surface area contributed by atoms with Gasteiger partial charge in [0.05, 0.1) is 0 Å². The average Bonchev–Trinajstić information content (AvgIpc) is 3.75. The molecule has 0 N–H and O–H groups in total. The van der Waals surface area contributed by atoms with Crippen LogP contribution < -0.4 is 0 Å². The van der Waals surface area contributed by atoms with E-state index < -0.39 is 0 Å². The van der Waals surface area contributed by atoms with Crippen molar-refractivity contribution in [2.45, 2.75) is 6.42 Å². The van der Waals surface area contributed by atoms with Crippen LogP contribution in [0, 0.1) is 0 Å². The third kappa shape index (κ3) is 3.95. The minimum absolute atomic E-state index is 0.920. The molecule has 0 spiro atoms. The highest BCUT2D eigenvalue weighted by Gasteiger charge is 2.23. The van der Waals surface area contributed by atoms with Crippen molar-refractivity contribution < 1.29 is 4.42 Å². The molecule has 1 aliphatic carbocycles. The van der Waals surface area contributed by atoms with Crippen LogP contribution in [0.4, 0.5) is 0 Å². The van der Waals surface area contributed by atoms with Crippen LogP contribution in [0.1, 0.15) is 11.1 Å². The zero-order valence-electron chi connectivity index (χ0n) is 27.3. The Balaban J connectivity index is 1.08. The quantitative estimate of drug-likeness (QED) is 0.176. The van der Waals surface area contributed by atoms with Crippen LogP contribution in [0.5, 0.6) is 0 Å². The molecular formula is C49H30O. The lowest BCUT2D eigenvalue weighted by molar-refractivity contribution is 0.669. The van der Waals surface area contributed by atoms with Crippen LogP contribution in [-0.2, 0) is 6.42 Å². The number of benzene rings is 9. The van der Waals surface area contributed by atoms with Gasteiger partial charge in [0, 0.05) is 10.8 Å². The largest absolute Gasteiger partial charge is 0.456 e. The maximum Gasteiger partial charge on any atom is 0.136 e. The van der Waals surface area contributed by atoms with E-state index in [1.807, 2.05) is 12.1 Å². The van der Waals surface area contributed by atoms with Crippen molar-refractivity contribution in [1.29, 1.82) is 0 Å². The third-order valence-electron chi connectivity index (χ3n) is 10.9. The number of furan rings is 1. The standard InChI is InChI=1S/C49H30O/c1-2-11-36-30(10-1)22-25-33-28-35-29-34(26-27-38(35)47(33)36)48-41-14-5-3-12-39(41)46(40-13-4-6-15-42(40)48)32-23-20-31(21-24-32)37-17-9-19-45-49(37)43-16-7-8-18-44(43)50-45/h1-27,29H,28H2. The number of hydrogen-bond donors (Lipinski definition) is 0. The molecule has 1 heterocycles. The fourth-order valence-electron chi connectivity index (χ4n) is 8.71. The molecule has 0 unspecified atom stereocenters. The summed E-state index contributed by atoms with van der Waals surface area (Å²) in [7, 11) is 0. The van der Waals surface area contributed by atoms with E-state index in [0.29, 0.717) is 0 Å². The summed E-state index contributed by atoms with van der Waals surface area (Å²) in [6, 6.07) is 62.2. The second kappa shape index (κ2) is 10.5. The van der Waals surface area contributed by atoms with Crippen LogP contribution in [0.25, 0.3) is 98.8 Å². The SMILES string of the molecule is c1ccc2c3c(ccc2c1)Cc1cc(-c2c4ccccc4c(-c4ccc(-c5cccc6oc7ccccc7c56)cc4)c4ccccc24)ccc1-3. The topological polar surface area (TPSA) is 13.1 Å². The van der Waals surface area contributed by atoms with Crippen LogP contribution in [-0.4, -0.2) is 0 Å². The van der Waals surface area contributed by atoms with Crippen molar-refractivity contribution in [3.8, 4) is 44.5 Å². The molecule has 0 amide bonds. The molecule has 10 aromatic rings. The maximum atomic E-state index is 6.21. The van der Waals surface area contributed by atoms with E-state index in [4.69, 9.17) is 4.42 Å². The molecule has 1 aromatic heterocycles. The molecule has 0 aliphatic heterocycles. The molecular weight excluding hydrogens is 605 g/mol. The van der Waals surface area contributed by atoms with E-state index in [9.17, 15) is 0 Å². The van der Waals surface area contributed by atoms with Gasteiger partial charge in [-0.15, -0.1) is 0 Å². The van der Waals surface area contributed by atoms with Crippen molar-refractivity contribution in [3.05, 3.63) is 181 Å². The summed E-state index contributed by atoms with van der Waals surface area (Å²) < 4.78 is 6.21. The van der Waals surface area contributed by atoms with E-state index in [0.717, 1.165) is 23.0 Å². The first-order valence-corrected chi connectivity index (χ1v) is 17.4. The Bertz CT molecular complexity index is 2940. The lowest BCUT2D eigenvalue weighted by Gasteiger charge is -2.18. The summed E-state index contributed by atoms with van der Waals surface area (Å²) in [6.07, 6.45) is 0.964. The van der Waals surface area contributed by atoms with E-state index >= 15 is 0 Å². The van der Waals surface area contributed by atoms with Gasteiger partial charge in [-0.3, -0.25) is 0 Å². The second-order valence-corrected chi connectivity index (χ2v) is 13.6. The fraction of sp³-hybridized carbons (Fsp3) is 0.0204. The van der Waals surface area contributed by atoms with Crippen molar-refractivity contribution in [3.63, 3.8) is 0 Å². The molecule has 0 bridgehead atoms. The Kier molecular flexibility index (Phi) is 5.79. The zero-order valence-corrected chi connectivity index (χ0v) is 27.3. The predicted octanol–water partition coefficient (Wildman–Crippen LogP) is 13.6. The highest BCUT2D eigenvalue weighted by Crippen LogP contribution is 2.47. The van der Waals surface area contributed by atoms with Crippen molar-refractivity contribution in [2.75, 3.05) is 0 Å². The van der Waals surface area contributed by atoms with E-state index in [1.165, 1.54) is 93.3 Å². The van der Waals surface area contributed by atoms with Crippen LogP contribution >= 0.6 is 0 Å². The first-order valence-electron chi connectivity index (χ1n) is 17.4. The summed E-state index contributed by atoms with van der Waals surface area (Å²) in [6.45, 7) is 0. The highest BCUT2D eigenvalue weighted by molar-refractivity contribution is 6.21. The van der Waals surface area contributed by atoms with Gasteiger partial charge in [0.1, 0.15) is 11.2 Å². The van der Waals surface area contributed by atoms with Crippen LogP contribution in [0.15, 0.2) is 174 Å². The van der Waals surface area contributed by atoms with E-state index in [-0.39, 0.29) is 0 Å². The summed E-state index contributed by atoms with van der Waals surface area (Å²) in [5, 5.41) is 10.1. The van der Waals surface area contributed by atoms with Gasteiger partial charge in [0.2, 0.25) is 0 Å². The number of hydrogen-bond acceptors (Lipinski definition) is 1. The Hall–Kier alpha value is -6.44. The molecule has 0 atom stereocenters. The van der Waals surface area contributed by atoms with Gasteiger partial charge in [0.15, 0.2) is 0 Å². The van der Waals surface area contributed by atoms with Gasteiger partial charge in [-0.2, -0.15) is 0 Å². The molecule has 11 rings (SSSR count). The minimum atomic E-state index is 0.920. The lowest BCUT2D eigenvalue weighted by atomic mass is 9.85. The molecule has 232 valence electrons. The van der Waals surface area contributed by atoms with Gasteiger partial charge in [-0.05, 0) is 107 Å². The molecule has 1 nitrogen and oxygen atoms in total. The zero-order chi connectivity index (χ0) is 32.8. The maximum absolute atomic E-state index is 6.21. The van der Waals surface area contributed by atoms with E-state index in [1.54, 1.807) is 0 Å². The van der Waals surface area contributed by atoms with Crippen LogP contribution in [0.3, 0.4) is 0 Å². The van der Waals surface area contributed by atoms with Gasteiger partial charge in [-0.25, -0.2) is 0 Å². The van der Waals surface area contributed by atoms with Gasteiger partial charge in [0.25, 0.3) is 0 Å². The van der Waals surface area contributed by atoms with Crippen molar-refractivity contribution >= 4 is 54.3 Å². The molecule has 50 heavy (non-hydrogen) atoms. The van der Waals surface area contributed by atoms with E-state index in [2.05, 4.69) is 158 Å². The number of fused-ring (bicyclic) bond motifs is 10. The number of para-hydroxylation sites is 1. The molecule has 1 heteroatoms. The Morgan fingerprint density at radius 3 is 1.66 bits per heavy atom. The van der Waals surface area contributed by atoms with Crippen molar-refractivity contribution in [1.82, 2.24) is 0 Å². The Labute approximate surface area is 289 Å². The highest BCUT2D eigenvalue weighted by atomic mass is 16.3. The van der Waals surface area contributed by atoms with Crippen LogP contribution in [0.2, 0.25) is 0 Å².